The summed E-state index contributed by atoms with van der Waals surface area (Å²) in [7, 11) is 5.32. The van der Waals surface area contributed by atoms with E-state index >= 15 is 4.39 Å². The van der Waals surface area contributed by atoms with Crippen molar-refractivity contribution < 1.29 is 18.7 Å². The molecule has 0 aliphatic carbocycles. The molecule has 42 heavy (non-hydrogen) atoms. The van der Waals surface area contributed by atoms with E-state index in [-0.39, 0.29) is 16.4 Å². The van der Waals surface area contributed by atoms with Crippen LogP contribution in [0.2, 0.25) is 0 Å². The van der Waals surface area contributed by atoms with Crippen molar-refractivity contribution in [1.29, 1.82) is 0 Å². The number of carboxylic acid groups (broad SMARTS) is 1. The van der Waals surface area contributed by atoms with Crippen molar-refractivity contribution in [3.05, 3.63) is 58.1 Å². The lowest BCUT2D eigenvalue weighted by atomic mass is 10.0. The first-order valence-corrected chi connectivity index (χ1v) is 13.6. The van der Waals surface area contributed by atoms with Crippen LogP contribution in [0, 0.1) is 17.6 Å². The monoisotopic (exact) mass is 574 g/mol. The van der Waals surface area contributed by atoms with Crippen LogP contribution in [0.1, 0.15) is 16.8 Å². The SMILES string of the molecule is CNc1cc(F)c(F)c2c1[nH]c1ncc(-c3cnc4c(c3)c(=O)c(C(=O)O)cn4NC)c(N3CC4CCN(C)[C@H]4C3)c12. The van der Waals surface area contributed by atoms with Crippen LogP contribution >= 0.6 is 0 Å². The number of carbonyl (C=O) groups is 1. The number of hydrogen-bond donors (Lipinski definition) is 4. The Hall–Kier alpha value is -4.78. The third kappa shape index (κ3) is 3.66. The zero-order valence-corrected chi connectivity index (χ0v) is 23.1. The number of benzene rings is 1. The van der Waals surface area contributed by atoms with Gasteiger partial charge in [0.25, 0.3) is 0 Å². The number of nitrogens with one attached hydrogen (secondary N) is 3. The molecule has 6 heterocycles. The minimum absolute atomic E-state index is 0.0866. The van der Waals surface area contributed by atoms with E-state index in [0.717, 1.165) is 19.0 Å². The predicted molar refractivity (Wildman–Crippen MR) is 157 cm³/mol. The first kappa shape index (κ1) is 26.1. The molecule has 5 aromatic rings. The number of nitrogens with zero attached hydrogens (tertiary/aromatic N) is 5. The number of fused-ring (bicyclic) bond motifs is 5. The Morgan fingerprint density at radius 2 is 1.95 bits per heavy atom. The summed E-state index contributed by atoms with van der Waals surface area (Å²) in [5.41, 5.74) is 4.93. The second kappa shape index (κ2) is 9.38. The predicted octanol–water partition coefficient (Wildman–Crippen LogP) is 3.42. The summed E-state index contributed by atoms with van der Waals surface area (Å²) in [5, 5.41) is 13.2. The summed E-state index contributed by atoms with van der Waals surface area (Å²) >= 11 is 0. The Morgan fingerprint density at radius 1 is 1.14 bits per heavy atom. The van der Waals surface area contributed by atoms with Crippen LogP contribution < -0.4 is 21.1 Å². The first-order chi connectivity index (χ1) is 20.2. The second-order valence-corrected chi connectivity index (χ2v) is 11.0. The normalized spacial score (nSPS) is 18.8. The van der Waals surface area contributed by atoms with Crippen LogP contribution in [0.3, 0.4) is 0 Å². The van der Waals surface area contributed by atoms with Crippen molar-refractivity contribution in [2.75, 3.05) is 56.4 Å². The third-order valence-electron chi connectivity index (χ3n) is 8.80. The molecule has 1 unspecified atom stereocenters. The van der Waals surface area contributed by atoms with Crippen LogP contribution in [0.4, 0.5) is 20.2 Å². The molecule has 0 radical (unpaired) electrons. The van der Waals surface area contributed by atoms with E-state index in [0.29, 0.717) is 64.1 Å². The summed E-state index contributed by atoms with van der Waals surface area (Å²) in [6.07, 6.45) is 5.44. The number of aromatic nitrogens is 4. The molecule has 2 saturated heterocycles. The first-order valence-electron chi connectivity index (χ1n) is 13.6. The van der Waals surface area contributed by atoms with Gasteiger partial charge in [0.05, 0.1) is 33.1 Å². The molecule has 216 valence electrons. The molecule has 0 saturated carbocycles. The van der Waals surface area contributed by atoms with Gasteiger partial charge in [0.2, 0.25) is 5.43 Å². The highest BCUT2D eigenvalue weighted by Crippen LogP contribution is 2.45. The number of halogens is 2. The van der Waals surface area contributed by atoms with Crippen LogP contribution in [0.15, 0.2) is 35.5 Å². The number of likely N-dealkylation sites (N-methyl/N-ethyl adjacent to an activating group) is 1. The van der Waals surface area contributed by atoms with E-state index in [1.165, 1.54) is 10.9 Å². The molecule has 0 bridgehead atoms. The maximum atomic E-state index is 15.6. The molecular formula is C29H28F2N8O3. The van der Waals surface area contributed by atoms with E-state index in [1.54, 1.807) is 32.6 Å². The Morgan fingerprint density at radius 3 is 2.67 bits per heavy atom. The van der Waals surface area contributed by atoms with E-state index in [9.17, 15) is 19.1 Å². The molecule has 2 atom stereocenters. The number of hydrogen-bond acceptors (Lipinski definition) is 8. The number of likely N-dealkylation sites (tertiary alicyclic amines) is 1. The minimum Gasteiger partial charge on any atom is -0.477 e. The van der Waals surface area contributed by atoms with Crippen molar-refractivity contribution in [1.82, 2.24) is 24.5 Å². The van der Waals surface area contributed by atoms with Crippen molar-refractivity contribution >= 4 is 50.3 Å². The lowest BCUT2D eigenvalue weighted by Gasteiger charge is -2.26. The van der Waals surface area contributed by atoms with Gasteiger partial charge in [-0.3, -0.25) is 4.79 Å². The second-order valence-electron chi connectivity index (χ2n) is 11.0. The van der Waals surface area contributed by atoms with Crippen molar-refractivity contribution in [2.45, 2.75) is 12.5 Å². The number of carboxylic acids is 1. The zero-order chi connectivity index (χ0) is 29.4. The summed E-state index contributed by atoms with van der Waals surface area (Å²) in [6.45, 7) is 2.38. The fraction of sp³-hybridized carbons (Fsp3) is 0.310. The standard InChI is InChI=1S/C29H28F2N8O3/c1-32-19-7-18(30)23(31)21-22-25(38-10-13-4-5-37(3)20(13)12-38)16(9-34-27(22)36-24(19)21)14-6-15-26(40)17(29(41)42)11-39(33-2)28(15)35-8-14/h6-9,11,13,20,32-33H,4-5,10,12H2,1-3H3,(H,34,36)(H,41,42)/t13?,20-/m0/s1. The maximum absolute atomic E-state index is 15.6. The van der Waals surface area contributed by atoms with Gasteiger partial charge < -0.3 is 30.6 Å². The van der Waals surface area contributed by atoms with Gasteiger partial charge in [-0.25, -0.2) is 28.2 Å². The third-order valence-corrected chi connectivity index (χ3v) is 8.80. The smallest absolute Gasteiger partial charge is 0.341 e. The average molecular weight is 575 g/mol. The molecule has 1 aromatic carbocycles. The highest BCUT2D eigenvalue weighted by Gasteiger charge is 2.41. The minimum atomic E-state index is -1.36. The Labute approximate surface area is 237 Å². The van der Waals surface area contributed by atoms with E-state index < -0.39 is 28.6 Å². The van der Waals surface area contributed by atoms with E-state index in [2.05, 4.69) is 42.5 Å². The molecule has 4 aromatic heterocycles. The molecular weight excluding hydrogens is 546 g/mol. The van der Waals surface area contributed by atoms with Crippen LogP contribution in [-0.2, 0) is 0 Å². The largest absolute Gasteiger partial charge is 0.477 e. The maximum Gasteiger partial charge on any atom is 0.341 e. The van der Waals surface area contributed by atoms with Crippen LogP contribution in [-0.4, -0.2) is 82.4 Å². The van der Waals surface area contributed by atoms with E-state index in [4.69, 9.17) is 0 Å². The van der Waals surface area contributed by atoms with E-state index in [1.807, 2.05) is 0 Å². The summed E-state index contributed by atoms with van der Waals surface area (Å²) in [4.78, 5) is 41.9. The fourth-order valence-electron chi connectivity index (χ4n) is 6.71. The van der Waals surface area contributed by atoms with Gasteiger partial charge in [-0.1, -0.05) is 0 Å². The summed E-state index contributed by atoms with van der Waals surface area (Å²) in [6, 6.07) is 3.00. The Kier molecular flexibility index (Phi) is 5.84. The number of anilines is 2. The van der Waals surface area contributed by atoms with Gasteiger partial charge >= 0.3 is 5.97 Å². The van der Waals surface area contributed by atoms with Gasteiger partial charge in [-0.15, -0.1) is 0 Å². The summed E-state index contributed by atoms with van der Waals surface area (Å²) < 4.78 is 31.9. The van der Waals surface area contributed by atoms with Crippen LogP contribution in [0.25, 0.3) is 44.1 Å². The average Bonchev–Trinajstić information content (AvgIpc) is 3.68. The number of aromatic carboxylic acids is 1. The highest BCUT2D eigenvalue weighted by atomic mass is 19.2. The molecule has 2 aliphatic heterocycles. The van der Waals surface area contributed by atoms with Gasteiger partial charge in [-0.2, -0.15) is 0 Å². The fourth-order valence-corrected chi connectivity index (χ4v) is 6.71. The molecule has 0 spiro atoms. The molecule has 11 nitrogen and oxygen atoms in total. The highest BCUT2D eigenvalue weighted by molar-refractivity contribution is 6.18. The molecule has 0 amide bonds. The van der Waals surface area contributed by atoms with Crippen molar-refractivity contribution in [3.63, 3.8) is 0 Å². The lowest BCUT2D eigenvalue weighted by molar-refractivity contribution is 0.0695. The van der Waals surface area contributed by atoms with Crippen molar-refractivity contribution in [2.24, 2.45) is 5.92 Å². The Bertz CT molecular complexity index is 2010. The number of rotatable bonds is 5. The lowest BCUT2D eigenvalue weighted by Crippen LogP contribution is -2.32. The molecule has 13 heteroatoms. The molecule has 2 aliphatic rings. The van der Waals surface area contributed by atoms with Gasteiger partial charge in [0.1, 0.15) is 11.2 Å². The molecule has 4 N–H and O–H groups in total. The van der Waals surface area contributed by atoms with Crippen molar-refractivity contribution in [3.8, 4) is 11.1 Å². The molecule has 7 rings (SSSR count). The zero-order valence-electron chi connectivity index (χ0n) is 23.1. The molecule has 2 fully saturated rings. The quantitative estimate of drug-likeness (QED) is 0.249. The summed E-state index contributed by atoms with van der Waals surface area (Å²) in [5.74, 6) is -2.92. The number of aromatic amines is 1. The van der Waals surface area contributed by atoms with Gasteiger partial charge in [-0.05, 0) is 32.0 Å². The number of H-pyrrole nitrogens is 1. The number of pyridine rings is 3. The Balaban J connectivity index is 1.55. The topological polar surface area (TPSA) is 131 Å². The van der Waals surface area contributed by atoms with Gasteiger partial charge in [0.15, 0.2) is 17.3 Å². The van der Waals surface area contributed by atoms with Crippen LogP contribution in [0.5, 0.6) is 0 Å². The van der Waals surface area contributed by atoms with Gasteiger partial charge in [0, 0.05) is 69.0 Å².